The van der Waals surface area contributed by atoms with E-state index in [1.54, 1.807) is 0 Å². The summed E-state index contributed by atoms with van der Waals surface area (Å²) < 4.78 is 11.0. The van der Waals surface area contributed by atoms with Gasteiger partial charge in [0.05, 0.1) is 5.60 Å². The van der Waals surface area contributed by atoms with Crippen LogP contribution in [0.1, 0.15) is 20.8 Å². The highest BCUT2D eigenvalue weighted by molar-refractivity contribution is 6.46. The molecule has 0 spiro atoms. The molecule has 2 nitrogen and oxygen atoms in total. The highest BCUT2D eigenvalue weighted by Gasteiger charge is 2.08. The molecular formula is C11H18O2Si. The van der Waals surface area contributed by atoms with Crippen molar-refractivity contribution in [1.82, 2.24) is 0 Å². The molecule has 0 N–H and O–H groups in total. The van der Waals surface area contributed by atoms with Gasteiger partial charge < -0.3 is 9.16 Å². The average Bonchev–Trinajstić information content (AvgIpc) is 2.13. The van der Waals surface area contributed by atoms with Gasteiger partial charge in [-0.3, -0.25) is 0 Å². The molecule has 0 amide bonds. The molecule has 14 heavy (non-hydrogen) atoms. The van der Waals surface area contributed by atoms with Crippen molar-refractivity contribution in [3.05, 3.63) is 30.3 Å². The van der Waals surface area contributed by atoms with E-state index >= 15 is 0 Å². The second-order valence-corrected chi connectivity index (χ2v) is 5.72. The molecule has 0 atom stereocenters. The summed E-state index contributed by atoms with van der Waals surface area (Å²) in [6.45, 7) is 6.49. The van der Waals surface area contributed by atoms with E-state index in [0.717, 1.165) is 0 Å². The Kier molecular flexibility index (Phi) is 4.32. The highest BCUT2D eigenvalue weighted by Crippen LogP contribution is 2.05. The van der Waals surface area contributed by atoms with E-state index < -0.39 is 9.76 Å². The van der Waals surface area contributed by atoms with Gasteiger partial charge in [0.25, 0.3) is 0 Å². The molecule has 0 bridgehead atoms. The van der Waals surface area contributed by atoms with Crippen LogP contribution in [-0.2, 0) is 9.16 Å². The number of benzene rings is 1. The summed E-state index contributed by atoms with van der Waals surface area (Å²) in [4.78, 5) is 0. The molecule has 0 unspecified atom stereocenters. The van der Waals surface area contributed by atoms with E-state index in [0.29, 0.717) is 6.79 Å². The average molecular weight is 210 g/mol. The number of ether oxygens (including phenoxy) is 1. The standard InChI is InChI=1S/C11H18O2Si/c1-11(2,3)12-9-13-14-10-7-5-4-6-8-10/h4-8H,9,14H2,1-3H3. The van der Waals surface area contributed by atoms with Gasteiger partial charge in [0.15, 0.2) is 9.76 Å². The van der Waals surface area contributed by atoms with E-state index in [1.807, 2.05) is 39.0 Å². The molecule has 1 rings (SSSR count). The maximum absolute atomic E-state index is 5.51. The molecule has 0 radical (unpaired) electrons. The van der Waals surface area contributed by atoms with Crippen LogP contribution in [0, 0.1) is 0 Å². The van der Waals surface area contributed by atoms with Crippen LogP contribution < -0.4 is 5.19 Å². The van der Waals surface area contributed by atoms with Crippen LogP contribution in [0.15, 0.2) is 30.3 Å². The van der Waals surface area contributed by atoms with E-state index in [2.05, 4.69) is 12.1 Å². The van der Waals surface area contributed by atoms with Crippen molar-refractivity contribution in [2.75, 3.05) is 6.79 Å². The molecule has 0 saturated heterocycles. The molecule has 3 heteroatoms. The second kappa shape index (κ2) is 5.29. The first kappa shape index (κ1) is 11.4. The number of hydrogen-bond donors (Lipinski definition) is 0. The Morgan fingerprint density at radius 3 is 2.36 bits per heavy atom. The molecule has 0 heterocycles. The van der Waals surface area contributed by atoms with E-state index in [-0.39, 0.29) is 5.60 Å². The lowest BCUT2D eigenvalue weighted by Gasteiger charge is -2.19. The lowest BCUT2D eigenvalue weighted by atomic mass is 10.2. The Morgan fingerprint density at radius 2 is 1.79 bits per heavy atom. The summed E-state index contributed by atoms with van der Waals surface area (Å²) in [7, 11) is -0.605. The van der Waals surface area contributed by atoms with E-state index in [9.17, 15) is 0 Å². The van der Waals surface area contributed by atoms with Gasteiger partial charge in [0, 0.05) is 0 Å². The molecule has 78 valence electrons. The zero-order chi connectivity index (χ0) is 10.4. The second-order valence-electron chi connectivity index (χ2n) is 4.21. The van der Waals surface area contributed by atoms with Crippen molar-refractivity contribution in [2.24, 2.45) is 0 Å². The third kappa shape index (κ3) is 5.17. The highest BCUT2D eigenvalue weighted by atomic mass is 28.2. The minimum absolute atomic E-state index is 0.106. The van der Waals surface area contributed by atoms with Gasteiger partial charge in [-0.15, -0.1) is 0 Å². The van der Waals surface area contributed by atoms with Gasteiger partial charge in [0.2, 0.25) is 0 Å². The monoisotopic (exact) mass is 210 g/mol. The third-order valence-electron chi connectivity index (χ3n) is 1.69. The van der Waals surface area contributed by atoms with Crippen molar-refractivity contribution >= 4 is 14.9 Å². The van der Waals surface area contributed by atoms with Crippen molar-refractivity contribution in [1.29, 1.82) is 0 Å². The molecule has 1 aromatic carbocycles. The fourth-order valence-electron chi connectivity index (χ4n) is 0.952. The molecule has 0 saturated carbocycles. The van der Waals surface area contributed by atoms with Crippen LogP contribution in [0.4, 0.5) is 0 Å². The molecule has 1 aromatic rings. The van der Waals surface area contributed by atoms with Crippen LogP contribution in [-0.4, -0.2) is 22.2 Å². The van der Waals surface area contributed by atoms with Gasteiger partial charge in [0.1, 0.15) is 6.79 Å². The van der Waals surface area contributed by atoms with E-state index in [1.165, 1.54) is 5.19 Å². The van der Waals surface area contributed by atoms with Gasteiger partial charge in [-0.25, -0.2) is 0 Å². The first-order valence-electron chi connectivity index (χ1n) is 4.83. The first-order chi connectivity index (χ1) is 6.58. The maximum Gasteiger partial charge on any atom is 0.195 e. The molecular weight excluding hydrogens is 192 g/mol. The Hall–Kier alpha value is -0.643. The SMILES string of the molecule is CC(C)(C)OCO[SiH2]c1ccccc1. The third-order valence-corrected chi connectivity index (χ3v) is 2.86. The largest absolute Gasteiger partial charge is 0.396 e. The van der Waals surface area contributed by atoms with Crippen molar-refractivity contribution in [3.63, 3.8) is 0 Å². The first-order valence-corrected chi connectivity index (χ1v) is 6.12. The molecule has 0 fully saturated rings. The summed E-state index contributed by atoms with van der Waals surface area (Å²) in [5.41, 5.74) is -0.106. The van der Waals surface area contributed by atoms with Gasteiger partial charge in [-0.2, -0.15) is 0 Å². The molecule has 0 aliphatic heterocycles. The Labute approximate surface area is 88.2 Å². The van der Waals surface area contributed by atoms with Crippen LogP contribution in [0.3, 0.4) is 0 Å². The summed E-state index contributed by atoms with van der Waals surface area (Å²) in [5, 5.41) is 1.31. The van der Waals surface area contributed by atoms with Crippen molar-refractivity contribution < 1.29 is 9.16 Å². The van der Waals surface area contributed by atoms with Crippen LogP contribution >= 0.6 is 0 Å². The van der Waals surface area contributed by atoms with Crippen LogP contribution in [0.25, 0.3) is 0 Å². The predicted octanol–water partition coefficient (Wildman–Crippen LogP) is 1.18. The lowest BCUT2D eigenvalue weighted by molar-refractivity contribution is -0.0747. The van der Waals surface area contributed by atoms with Crippen LogP contribution in [0.2, 0.25) is 0 Å². The zero-order valence-corrected chi connectivity index (χ0v) is 10.5. The minimum atomic E-state index is -0.605. The topological polar surface area (TPSA) is 18.5 Å². The molecule has 0 aliphatic rings. The maximum atomic E-state index is 5.51. The summed E-state index contributed by atoms with van der Waals surface area (Å²) in [6.07, 6.45) is 0. The predicted molar refractivity (Wildman–Crippen MR) is 61.4 cm³/mol. The quantitative estimate of drug-likeness (QED) is 0.422. The Balaban J connectivity index is 2.17. The smallest absolute Gasteiger partial charge is 0.195 e. The normalized spacial score (nSPS) is 12.5. The summed E-state index contributed by atoms with van der Waals surface area (Å²) in [5.74, 6) is 0. The lowest BCUT2D eigenvalue weighted by Crippen LogP contribution is -2.24. The van der Waals surface area contributed by atoms with Gasteiger partial charge in [-0.1, -0.05) is 30.3 Å². The molecule has 0 aromatic heterocycles. The van der Waals surface area contributed by atoms with Crippen molar-refractivity contribution in [2.45, 2.75) is 26.4 Å². The number of rotatable bonds is 4. The Morgan fingerprint density at radius 1 is 1.14 bits per heavy atom. The minimum Gasteiger partial charge on any atom is -0.396 e. The summed E-state index contributed by atoms with van der Waals surface area (Å²) >= 11 is 0. The fraction of sp³-hybridized carbons (Fsp3) is 0.455. The summed E-state index contributed by atoms with van der Waals surface area (Å²) in [6, 6.07) is 10.3. The fourth-order valence-corrected chi connectivity index (χ4v) is 1.82. The number of hydrogen-bond acceptors (Lipinski definition) is 2. The van der Waals surface area contributed by atoms with Crippen molar-refractivity contribution in [3.8, 4) is 0 Å². The van der Waals surface area contributed by atoms with E-state index in [4.69, 9.17) is 9.16 Å². The molecule has 0 aliphatic carbocycles. The van der Waals surface area contributed by atoms with Gasteiger partial charge >= 0.3 is 0 Å². The van der Waals surface area contributed by atoms with Crippen LogP contribution in [0.5, 0.6) is 0 Å². The zero-order valence-electron chi connectivity index (χ0n) is 9.12. The Bertz CT molecular complexity index is 254. The van der Waals surface area contributed by atoms with Gasteiger partial charge in [-0.05, 0) is 26.0 Å².